The smallest absolute Gasteiger partial charge is 0.129 e. The molecule has 2 aromatic rings. The van der Waals surface area contributed by atoms with Gasteiger partial charge >= 0.3 is 0 Å². The van der Waals surface area contributed by atoms with Crippen LogP contribution < -0.4 is 0 Å². The maximum Gasteiger partial charge on any atom is 0.129 e. The van der Waals surface area contributed by atoms with E-state index in [2.05, 4.69) is 0 Å². The Kier molecular flexibility index (Phi) is 6.52. The summed E-state index contributed by atoms with van der Waals surface area (Å²) in [7, 11) is 0. The monoisotopic (exact) mass is 356 g/mol. The van der Waals surface area contributed by atoms with Crippen LogP contribution in [0.25, 0.3) is 0 Å². The highest BCUT2D eigenvalue weighted by atomic mass is 35.5. The van der Waals surface area contributed by atoms with Crippen molar-refractivity contribution in [3.8, 4) is 0 Å². The van der Waals surface area contributed by atoms with E-state index in [9.17, 15) is 13.2 Å². The normalized spacial score (nSPS) is 11.8. The largest absolute Gasteiger partial charge is 0.207 e. The number of halogens is 4. The molecule has 0 heterocycles. The lowest BCUT2D eigenvalue weighted by molar-refractivity contribution is 0.511. The van der Waals surface area contributed by atoms with Gasteiger partial charge in [0.2, 0.25) is 0 Å². The van der Waals surface area contributed by atoms with E-state index in [1.807, 2.05) is 41.5 Å². The fraction of sp³-hybridized carbons (Fsp3) is 0.400. The van der Waals surface area contributed by atoms with Crippen LogP contribution in [0.15, 0.2) is 36.4 Å². The topological polar surface area (TPSA) is 0 Å². The molecule has 24 heavy (non-hydrogen) atoms. The summed E-state index contributed by atoms with van der Waals surface area (Å²) in [6, 6.07) is 8.49. The minimum Gasteiger partial charge on any atom is -0.207 e. The van der Waals surface area contributed by atoms with Crippen LogP contribution in [0.2, 0.25) is 5.02 Å². The Labute approximate surface area is 147 Å². The molecule has 0 radical (unpaired) electrons. The van der Waals surface area contributed by atoms with E-state index < -0.39 is 11.6 Å². The molecule has 0 bridgehead atoms. The number of hydrogen-bond acceptors (Lipinski definition) is 0. The van der Waals surface area contributed by atoms with Crippen molar-refractivity contribution in [1.29, 1.82) is 0 Å². The maximum atomic E-state index is 13.3. The van der Waals surface area contributed by atoms with Gasteiger partial charge in [-0.25, -0.2) is 13.2 Å². The second kappa shape index (κ2) is 7.60. The Hall–Kier alpha value is -1.48. The molecular formula is C20H24ClF3. The first kappa shape index (κ1) is 20.6. The second-order valence-electron chi connectivity index (χ2n) is 7.75. The zero-order valence-electron chi connectivity index (χ0n) is 15.0. The van der Waals surface area contributed by atoms with Crippen LogP contribution in [0.3, 0.4) is 0 Å². The minimum atomic E-state index is -0.527. The van der Waals surface area contributed by atoms with Gasteiger partial charge in [0.05, 0.1) is 0 Å². The molecule has 2 rings (SSSR count). The van der Waals surface area contributed by atoms with Crippen molar-refractivity contribution in [2.45, 2.75) is 52.4 Å². The molecule has 0 aromatic heterocycles. The fourth-order valence-corrected chi connectivity index (χ4v) is 2.35. The maximum absolute atomic E-state index is 13.3. The molecule has 2 aromatic carbocycles. The van der Waals surface area contributed by atoms with Crippen LogP contribution in [0.5, 0.6) is 0 Å². The molecule has 0 spiro atoms. The lowest BCUT2D eigenvalue weighted by atomic mass is 9.87. The Morgan fingerprint density at radius 2 is 1.08 bits per heavy atom. The van der Waals surface area contributed by atoms with E-state index in [4.69, 9.17) is 11.6 Å². The first-order chi connectivity index (χ1) is 10.8. The lowest BCUT2D eigenvalue weighted by Crippen LogP contribution is -2.13. The molecule has 0 fully saturated rings. The third-order valence-corrected chi connectivity index (χ3v) is 3.71. The van der Waals surface area contributed by atoms with E-state index in [-0.39, 0.29) is 16.6 Å². The molecule has 0 aliphatic heterocycles. The van der Waals surface area contributed by atoms with E-state index in [1.165, 1.54) is 18.2 Å². The van der Waals surface area contributed by atoms with Crippen molar-refractivity contribution in [3.63, 3.8) is 0 Å². The molecule has 4 heteroatoms. The van der Waals surface area contributed by atoms with Gasteiger partial charge in [0.15, 0.2) is 0 Å². The quantitative estimate of drug-likeness (QED) is 0.475. The molecule has 0 saturated carbocycles. The third-order valence-electron chi connectivity index (χ3n) is 3.48. The van der Waals surface area contributed by atoms with E-state index in [0.29, 0.717) is 16.1 Å². The van der Waals surface area contributed by atoms with Crippen LogP contribution in [-0.2, 0) is 10.8 Å². The number of benzene rings is 2. The number of rotatable bonds is 0. The fourth-order valence-electron chi connectivity index (χ4n) is 2.20. The van der Waals surface area contributed by atoms with Crippen LogP contribution in [0.1, 0.15) is 52.7 Å². The van der Waals surface area contributed by atoms with Gasteiger partial charge in [-0.3, -0.25) is 0 Å². The van der Waals surface area contributed by atoms with E-state index >= 15 is 0 Å². The molecule has 0 aliphatic rings. The van der Waals surface area contributed by atoms with Crippen molar-refractivity contribution < 1.29 is 13.2 Å². The van der Waals surface area contributed by atoms with Crippen LogP contribution >= 0.6 is 11.6 Å². The van der Waals surface area contributed by atoms with E-state index in [1.54, 1.807) is 12.1 Å². The average Bonchev–Trinajstić information content (AvgIpc) is 2.35. The van der Waals surface area contributed by atoms with Gasteiger partial charge < -0.3 is 0 Å². The summed E-state index contributed by atoms with van der Waals surface area (Å²) < 4.78 is 38.9. The zero-order valence-corrected chi connectivity index (χ0v) is 15.7. The van der Waals surface area contributed by atoms with Gasteiger partial charge in [-0.15, -0.1) is 0 Å². The molecule has 132 valence electrons. The first-order valence-electron chi connectivity index (χ1n) is 7.73. The highest BCUT2D eigenvalue weighted by Gasteiger charge is 2.18. The lowest BCUT2D eigenvalue weighted by Gasteiger charge is -2.19. The van der Waals surface area contributed by atoms with Gasteiger partial charge in [-0.1, -0.05) is 65.3 Å². The summed E-state index contributed by atoms with van der Waals surface area (Å²) in [6.07, 6.45) is 0. The molecule has 0 atom stereocenters. The first-order valence-corrected chi connectivity index (χ1v) is 8.11. The standard InChI is InChI=1S/C10H12ClF.C10H12F2/c2*1-10(2,3)8-5-4-7(11)6-9(8)12/h2*4-6H,1-3H3. The summed E-state index contributed by atoms with van der Waals surface area (Å²) in [5, 5.41) is 0.445. The summed E-state index contributed by atoms with van der Waals surface area (Å²) >= 11 is 5.63. The second-order valence-corrected chi connectivity index (χ2v) is 8.18. The molecule has 0 nitrogen and oxygen atoms in total. The molecular weight excluding hydrogens is 333 g/mol. The number of hydrogen-bond donors (Lipinski definition) is 0. The average molecular weight is 357 g/mol. The highest BCUT2D eigenvalue weighted by Crippen LogP contribution is 2.27. The predicted octanol–water partition coefficient (Wildman–Crippen LogP) is 7.04. The minimum absolute atomic E-state index is 0.158. The van der Waals surface area contributed by atoms with Crippen molar-refractivity contribution in [3.05, 3.63) is 70.0 Å². The van der Waals surface area contributed by atoms with E-state index in [0.717, 1.165) is 6.07 Å². The molecule has 0 saturated heterocycles. The summed E-state index contributed by atoms with van der Waals surface area (Å²) in [6.45, 7) is 11.6. The van der Waals surface area contributed by atoms with Crippen LogP contribution in [0, 0.1) is 17.5 Å². The summed E-state index contributed by atoms with van der Waals surface area (Å²) in [5.74, 6) is -1.22. The Balaban J connectivity index is 0.000000240. The highest BCUT2D eigenvalue weighted by molar-refractivity contribution is 6.30. The summed E-state index contributed by atoms with van der Waals surface area (Å²) in [4.78, 5) is 0. The summed E-state index contributed by atoms with van der Waals surface area (Å²) in [5.41, 5.74) is 0.822. The van der Waals surface area contributed by atoms with Gasteiger partial charge in [0, 0.05) is 11.1 Å². The van der Waals surface area contributed by atoms with Crippen LogP contribution in [-0.4, -0.2) is 0 Å². The Bertz CT molecular complexity index is 634. The zero-order chi connectivity index (χ0) is 18.7. The Morgan fingerprint density at radius 3 is 1.46 bits per heavy atom. The predicted molar refractivity (Wildman–Crippen MR) is 95.2 cm³/mol. The SMILES string of the molecule is CC(C)(C)c1ccc(Cl)cc1F.CC(C)(C)c1ccc(F)cc1F. The van der Waals surface area contributed by atoms with Crippen molar-refractivity contribution in [1.82, 2.24) is 0 Å². The molecule has 0 unspecified atom stereocenters. The van der Waals surface area contributed by atoms with Crippen molar-refractivity contribution in [2.24, 2.45) is 0 Å². The van der Waals surface area contributed by atoms with Crippen LogP contribution in [0.4, 0.5) is 13.2 Å². The Morgan fingerprint density at radius 1 is 0.667 bits per heavy atom. The van der Waals surface area contributed by atoms with Gasteiger partial charge in [0.1, 0.15) is 17.5 Å². The van der Waals surface area contributed by atoms with Gasteiger partial charge in [-0.05, 0) is 40.2 Å². The van der Waals surface area contributed by atoms with Crippen molar-refractivity contribution >= 4 is 11.6 Å². The van der Waals surface area contributed by atoms with Gasteiger partial charge in [0.25, 0.3) is 0 Å². The molecule has 0 amide bonds. The molecule has 0 aliphatic carbocycles. The van der Waals surface area contributed by atoms with Gasteiger partial charge in [-0.2, -0.15) is 0 Å². The van der Waals surface area contributed by atoms with Crippen molar-refractivity contribution in [2.75, 3.05) is 0 Å². The molecule has 0 N–H and O–H groups in total. The third kappa shape index (κ3) is 5.86.